The lowest BCUT2D eigenvalue weighted by molar-refractivity contribution is -0.136. The fraction of sp³-hybridized carbons (Fsp3) is 0.320. The van der Waals surface area contributed by atoms with Gasteiger partial charge in [0.1, 0.15) is 11.9 Å². The van der Waals surface area contributed by atoms with E-state index in [1.54, 1.807) is 25.1 Å². The molecule has 166 valence electrons. The van der Waals surface area contributed by atoms with Crippen LogP contribution in [0.2, 0.25) is 0 Å². The van der Waals surface area contributed by atoms with E-state index in [9.17, 15) is 14.0 Å². The molecule has 7 heteroatoms. The van der Waals surface area contributed by atoms with Crippen molar-refractivity contribution < 1.29 is 9.18 Å². The van der Waals surface area contributed by atoms with Crippen molar-refractivity contribution >= 4 is 5.91 Å². The van der Waals surface area contributed by atoms with Crippen LogP contribution in [-0.4, -0.2) is 58.2 Å². The minimum absolute atomic E-state index is 0.112. The first-order valence-electron chi connectivity index (χ1n) is 10.9. The van der Waals surface area contributed by atoms with Crippen LogP contribution in [0.1, 0.15) is 18.5 Å². The summed E-state index contributed by atoms with van der Waals surface area (Å²) >= 11 is 0. The summed E-state index contributed by atoms with van der Waals surface area (Å²) in [5, 5.41) is 4.39. The van der Waals surface area contributed by atoms with E-state index in [1.807, 2.05) is 23.1 Å². The minimum Gasteiger partial charge on any atom is -0.338 e. The summed E-state index contributed by atoms with van der Waals surface area (Å²) in [6, 6.07) is 18.6. The van der Waals surface area contributed by atoms with Crippen molar-refractivity contribution in [3.05, 3.63) is 88.5 Å². The van der Waals surface area contributed by atoms with E-state index in [4.69, 9.17) is 0 Å². The number of hydrogen-bond donors (Lipinski definition) is 0. The molecule has 3 aromatic rings. The predicted molar refractivity (Wildman–Crippen MR) is 122 cm³/mol. The van der Waals surface area contributed by atoms with Crippen LogP contribution in [0.4, 0.5) is 4.39 Å². The van der Waals surface area contributed by atoms with Crippen molar-refractivity contribution in [3.63, 3.8) is 0 Å². The summed E-state index contributed by atoms with van der Waals surface area (Å²) in [5.74, 6) is -0.452. The molecule has 1 aromatic heterocycles. The van der Waals surface area contributed by atoms with Gasteiger partial charge in [0.15, 0.2) is 0 Å². The second kappa shape index (κ2) is 9.87. The van der Waals surface area contributed by atoms with Crippen LogP contribution in [0.5, 0.6) is 0 Å². The molecule has 2 heterocycles. The van der Waals surface area contributed by atoms with E-state index in [-0.39, 0.29) is 17.3 Å². The third-order valence-corrected chi connectivity index (χ3v) is 5.93. The third kappa shape index (κ3) is 5.11. The highest BCUT2D eigenvalue weighted by atomic mass is 19.1. The van der Waals surface area contributed by atoms with Crippen LogP contribution >= 0.6 is 0 Å². The van der Waals surface area contributed by atoms with Crippen molar-refractivity contribution in [1.82, 2.24) is 19.6 Å². The minimum atomic E-state index is -0.709. The van der Waals surface area contributed by atoms with Gasteiger partial charge in [0.05, 0.1) is 5.69 Å². The van der Waals surface area contributed by atoms with Gasteiger partial charge in [-0.1, -0.05) is 30.3 Å². The Labute approximate surface area is 186 Å². The molecule has 0 N–H and O–H groups in total. The predicted octanol–water partition coefficient (Wildman–Crippen LogP) is 3.00. The van der Waals surface area contributed by atoms with Crippen LogP contribution in [-0.2, 0) is 11.2 Å². The topological polar surface area (TPSA) is 58.4 Å². The van der Waals surface area contributed by atoms with Crippen molar-refractivity contribution in [1.29, 1.82) is 0 Å². The normalized spacial score (nSPS) is 15.5. The van der Waals surface area contributed by atoms with Gasteiger partial charge in [-0.3, -0.25) is 14.5 Å². The molecule has 0 aliphatic carbocycles. The van der Waals surface area contributed by atoms with Gasteiger partial charge in [-0.05, 0) is 49.2 Å². The van der Waals surface area contributed by atoms with Crippen molar-refractivity contribution in [2.45, 2.75) is 19.4 Å². The van der Waals surface area contributed by atoms with Gasteiger partial charge in [0.25, 0.3) is 5.56 Å². The maximum Gasteiger partial charge on any atom is 0.267 e. The Bertz CT molecular complexity index is 1110. The number of carbonyl (C=O) groups excluding carboxylic acids is 1. The lowest BCUT2D eigenvalue weighted by Crippen LogP contribution is -2.51. The largest absolute Gasteiger partial charge is 0.338 e. The number of benzene rings is 2. The highest BCUT2D eigenvalue weighted by molar-refractivity contribution is 5.80. The van der Waals surface area contributed by atoms with Crippen LogP contribution in [0, 0.1) is 5.82 Å². The van der Waals surface area contributed by atoms with Gasteiger partial charge in [-0.2, -0.15) is 5.10 Å². The highest BCUT2D eigenvalue weighted by Crippen LogP contribution is 2.17. The molecule has 1 aliphatic heterocycles. The Morgan fingerprint density at radius 2 is 1.66 bits per heavy atom. The molecule has 1 amide bonds. The van der Waals surface area contributed by atoms with Crippen molar-refractivity contribution in [3.8, 4) is 11.3 Å². The monoisotopic (exact) mass is 434 g/mol. The zero-order chi connectivity index (χ0) is 22.5. The third-order valence-electron chi connectivity index (χ3n) is 5.93. The molecule has 1 saturated heterocycles. The van der Waals surface area contributed by atoms with E-state index >= 15 is 0 Å². The van der Waals surface area contributed by atoms with Crippen LogP contribution in [0.15, 0.2) is 71.5 Å². The summed E-state index contributed by atoms with van der Waals surface area (Å²) in [5.41, 5.74) is 2.19. The average molecular weight is 435 g/mol. The number of amides is 1. The summed E-state index contributed by atoms with van der Waals surface area (Å²) in [6.45, 7) is 5.54. The number of aromatic nitrogens is 2. The maximum atomic E-state index is 13.2. The molecule has 1 fully saturated rings. The number of piperazine rings is 1. The number of halogens is 1. The fourth-order valence-corrected chi connectivity index (χ4v) is 3.97. The van der Waals surface area contributed by atoms with Crippen LogP contribution in [0.3, 0.4) is 0 Å². The molecule has 2 aromatic carbocycles. The molecule has 6 nitrogen and oxygen atoms in total. The Morgan fingerprint density at radius 3 is 2.34 bits per heavy atom. The molecule has 1 unspecified atom stereocenters. The van der Waals surface area contributed by atoms with Gasteiger partial charge in [0, 0.05) is 44.4 Å². The molecular weight excluding hydrogens is 407 g/mol. The highest BCUT2D eigenvalue weighted by Gasteiger charge is 2.27. The molecule has 0 saturated carbocycles. The Hall–Kier alpha value is -3.32. The molecule has 32 heavy (non-hydrogen) atoms. The molecule has 4 rings (SSSR count). The number of nitrogens with zero attached hydrogens (tertiary/aromatic N) is 4. The number of hydrogen-bond acceptors (Lipinski definition) is 4. The Morgan fingerprint density at radius 1 is 0.969 bits per heavy atom. The SMILES string of the molecule is CC(C(=O)N1CCN(CCc2ccccc2)CC1)n1nc(-c2ccc(F)cc2)ccc1=O. The first kappa shape index (κ1) is 21.9. The summed E-state index contributed by atoms with van der Waals surface area (Å²) < 4.78 is 14.4. The van der Waals surface area contributed by atoms with Gasteiger partial charge in [-0.25, -0.2) is 9.07 Å². The van der Waals surface area contributed by atoms with E-state index in [1.165, 1.54) is 28.4 Å². The fourth-order valence-electron chi connectivity index (χ4n) is 3.97. The molecular formula is C25H27FN4O2. The summed E-state index contributed by atoms with van der Waals surface area (Å²) in [7, 11) is 0. The van der Waals surface area contributed by atoms with E-state index < -0.39 is 6.04 Å². The Balaban J connectivity index is 1.38. The first-order valence-corrected chi connectivity index (χ1v) is 10.9. The van der Waals surface area contributed by atoms with Gasteiger partial charge in [0.2, 0.25) is 5.91 Å². The molecule has 1 atom stereocenters. The lowest BCUT2D eigenvalue weighted by Gasteiger charge is -2.36. The molecule has 0 bridgehead atoms. The van der Waals surface area contributed by atoms with Gasteiger partial charge in [-0.15, -0.1) is 0 Å². The summed E-state index contributed by atoms with van der Waals surface area (Å²) in [6.07, 6.45) is 0.987. The second-order valence-corrected chi connectivity index (χ2v) is 8.09. The number of carbonyl (C=O) groups is 1. The molecule has 0 radical (unpaired) electrons. The van der Waals surface area contributed by atoms with Crippen molar-refractivity contribution in [2.24, 2.45) is 0 Å². The van der Waals surface area contributed by atoms with E-state index in [0.29, 0.717) is 24.3 Å². The van der Waals surface area contributed by atoms with Crippen LogP contribution < -0.4 is 5.56 Å². The molecule has 0 spiro atoms. The summed E-state index contributed by atoms with van der Waals surface area (Å²) in [4.78, 5) is 29.7. The zero-order valence-electron chi connectivity index (χ0n) is 18.2. The number of rotatable bonds is 6. The smallest absolute Gasteiger partial charge is 0.267 e. The maximum absolute atomic E-state index is 13.2. The van der Waals surface area contributed by atoms with E-state index in [0.717, 1.165) is 26.1 Å². The van der Waals surface area contributed by atoms with E-state index in [2.05, 4.69) is 22.1 Å². The average Bonchev–Trinajstić information content (AvgIpc) is 2.84. The first-order chi connectivity index (χ1) is 15.5. The Kier molecular flexibility index (Phi) is 6.75. The molecule has 1 aliphatic rings. The van der Waals surface area contributed by atoms with Crippen LogP contribution in [0.25, 0.3) is 11.3 Å². The quantitative estimate of drug-likeness (QED) is 0.599. The standard InChI is InChI=1S/C25H27FN4O2/c1-19(30-24(31)12-11-23(27-30)21-7-9-22(26)10-8-21)25(32)29-17-15-28(16-18-29)14-13-20-5-3-2-4-6-20/h2-12,19H,13-18H2,1H3. The van der Waals surface area contributed by atoms with Gasteiger partial charge >= 0.3 is 0 Å². The van der Waals surface area contributed by atoms with Crippen molar-refractivity contribution in [2.75, 3.05) is 32.7 Å². The second-order valence-electron chi connectivity index (χ2n) is 8.09. The van der Waals surface area contributed by atoms with Gasteiger partial charge < -0.3 is 4.90 Å². The lowest BCUT2D eigenvalue weighted by atomic mass is 10.1. The zero-order valence-corrected chi connectivity index (χ0v) is 18.2.